The molecule has 0 aromatic heterocycles. The molecule has 0 aromatic rings. The number of rotatable bonds is 6. The number of thioether (sulfide) groups is 1. The first-order valence-electron chi connectivity index (χ1n) is 5.39. The summed E-state index contributed by atoms with van der Waals surface area (Å²) in [4.78, 5) is 10.6. The Morgan fingerprint density at radius 3 is 2.39 bits per heavy atom. The highest BCUT2D eigenvalue weighted by atomic mass is 32.2. The summed E-state index contributed by atoms with van der Waals surface area (Å²) in [5, 5.41) is 57.8. The number of aliphatic hydroxyl groups is 5. The number of carbonyl (C=O) groups excluding carboxylic acids is 1. The van der Waals surface area contributed by atoms with E-state index in [9.17, 15) is 25.2 Å². The topological polar surface area (TPSA) is 158 Å². The molecule has 0 aromatic carbocycles. The molecule has 1 fully saturated rings. The largest absolute Gasteiger partial charge is 0.544 e. The van der Waals surface area contributed by atoms with Crippen molar-refractivity contribution in [3.63, 3.8) is 0 Å². The molecule has 0 unspecified atom stereocenters. The zero-order valence-electron chi connectivity index (χ0n) is 9.42. The average molecular weight is 283 g/mol. The number of carboxylic acid groups (broad SMARTS) is 1. The van der Waals surface area contributed by atoms with Crippen molar-refractivity contribution in [2.45, 2.75) is 35.8 Å². The molecule has 1 rings (SSSR count). The Hall–Kier alpha value is -0.420. The molecule has 0 saturated carbocycles. The molecule has 0 spiro atoms. The van der Waals surface area contributed by atoms with Gasteiger partial charge in [0.1, 0.15) is 36.4 Å². The van der Waals surface area contributed by atoms with Gasteiger partial charge in [0.2, 0.25) is 0 Å². The SMILES string of the molecule is O=C([O-])[C@@H]1CS[C@@H]([C@H](O)[C@H](O)[C@@H](O)[C@@H](O)CO)[NH2+]1. The third-order valence-corrected chi connectivity index (χ3v) is 4.18. The van der Waals surface area contributed by atoms with Gasteiger partial charge in [0.25, 0.3) is 0 Å². The summed E-state index contributed by atoms with van der Waals surface area (Å²) in [7, 11) is 0. The van der Waals surface area contributed by atoms with E-state index in [2.05, 4.69) is 0 Å². The molecule has 18 heavy (non-hydrogen) atoms. The fourth-order valence-electron chi connectivity index (χ4n) is 1.65. The van der Waals surface area contributed by atoms with Crippen molar-refractivity contribution in [3.05, 3.63) is 0 Å². The highest BCUT2D eigenvalue weighted by molar-refractivity contribution is 8.00. The molecule has 0 amide bonds. The number of carboxylic acids is 1. The van der Waals surface area contributed by atoms with Gasteiger partial charge in [-0.25, -0.2) is 0 Å². The van der Waals surface area contributed by atoms with Crippen LogP contribution in [-0.2, 0) is 4.79 Å². The first-order chi connectivity index (χ1) is 8.38. The number of hydrogen-bond acceptors (Lipinski definition) is 8. The molecular formula is C9H17NO7S. The van der Waals surface area contributed by atoms with Crippen molar-refractivity contribution in [1.29, 1.82) is 0 Å². The number of hydrogen-bond donors (Lipinski definition) is 6. The van der Waals surface area contributed by atoms with Crippen LogP contribution in [0.2, 0.25) is 0 Å². The van der Waals surface area contributed by atoms with Gasteiger partial charge in [-0.1, -0.05) is 11.8 Å². The molecule has 8 nitrogen and oxygen atoms in total. The standard InChI is InChI=1S/C9H17NO7S/c11-1-4(12)5(13)6(14)7(15)8-10-3(2-18-8)9(16)17/h3-8,10-15H,1-2H2,(H,16,17)/t3-,4-,5-,6+,7+,8-/m0/s1. The molecule has 1 heterocycles. The van der Waals surface area contributed by atoms with Crippen LogP contribution in [0.25, 0.3) is 0 Å². The van der Waals surface area contributed by atoms with Crippen LogP contribution in [0.4, 0.5) is 0 Å². The third-order valence-electron chi connectivity index (χ3n) is 2.81. The van der Waals surface area contributed by atoms with Crippen LogP contribution in [0.1, 0.15) is 0 Å². The first-order valence-corrected chi connectivity index (χ1v) is 6.44. The average Bonchev–Trinajstić information content (AvgIpc) is 2.84. The second kappa shape index (κ2) is 6.66. The maximum atomic E-state index is 10.6. The van der Waals surface area contributed by atoms with E-state index in [0.717, 1.165) is 11.8 Å². The maximum absolute atomic E-state index is 10.6. The van der Waals surface area contributed by atoms with Gasteiger partial charge >= 0.3 is 0 Å². The Morgan fingerprint density at radius 1 is 1.33 bits per heavy atom. The minimum Gasteiger partial charge on any atom is -0.544 e. The van der Waals surface area contributed by atoms with Crippen molar-refractivity contribution < 1.29 is 40.8 Å². The van der Waals surface area contributed by atoms with E-state index in [4.69, 9.17) is 10.2 Å². The van der Waals surface area contributed by atoms with E-state index in [0.29, 0.717) is 0 Å². The van der Waals surface area contributed by atoms with E-state index in [1.807, 2.05) is 0 Å². The molecule has 1 aliphatic heterocycles. The lowest BCUT2D eigenvalue weighted by Gasteiger charge is -2.27. The van der Waals surface area contributed by atoms with Crippen LogP contribution >= 0.6 is 11.8 Å². The monoisotopic (exact) mass is 283 g/mol. The maximum Gasteiger partial charge on any atom is 0.162 e. The van der Waals surface area contributed by atoms with Crippen molar-refractivity contribution >= 4 is 17.7 Å². The lowest BCUT2D eigenvalue weighted by Crippen LogP contribution is -2.96. The van der Waals surface area contributed by atoms with Crippen molar-refractivity contribution in [1.82, 2.24) is 0 Å². The second-order valence-corrected chi connectivity index (χ2v) is 5.35. The molecule has 0 bridgehead atoms. The highest BCUT2D eigenvalue weighted by Crippen LogP contribution is 2.19. The third kappa shape index (κ3) is 3.54. The summed E-state index contributed by atoms with van der Waals surface area (Å²) < 4.78 is 0. The molecule has 9 heteroatoms. The van der Waals surface area contributed by atoms with Gasteiger partial charge in [-0.3, -0.25) is 0 Å². The molecule has 1 aliphatic rings. The Labute approximate surface area is 107 Å². The lowest BCUT2D eigenvalue weighted by atomic mass is 10.0. The fourth-order valence-corrected chi connectivity index (χ4v) is 2.98. The van der Waals surface area contributed by atoms with Gasteiger partial charge in [0.15, 0.2) is 5.37 Å². The lowest BCUT2D eigenvalue weighted by molar-refractivity contribution is -0.692. The van der Waals surface area contributed by atoms with Gasteiger partial charge in [-0.15, -0.1) is 0 Å². The zero-order valence-corrected chi connectivity index (χ0v) is 10.2. The zero-order chi connectivity index (χ0) is 13.9. The van der Waals surface area contributed by atoms with Gasteiger partial charge in [-0.05, 0) is 0 Å². The van der Waals surface area contributed by atoms with Crippen LogP contribution in [0.15, 0.2) is 0 Å². The molecule has 0 aliphatic carbocycles. The predicted molar refractivity (Wildman–Crippen MR) is 58.1 cm³/mol. The van der Waals surface area contributed by atoms with E-state index >= 15 is 0 Å². The molecule has 7 N–H and O–H groups in total. The van der Waals surface area contributed by atoms with E-state index in [-0.39, 0.29) is 5.75 Å². The molecule has 1 saturated heterocycles. The van der Waals surface area contributed by atoms with Gasteiger partial charge in [0.05, 0.1) is 12.4 Å². The minimum atomic E-state index is -1.71. The molecule has 0 radical (unpaired) electrons. The van der Waals surface area contributed by atoms with Gasteiger partial charge in [0, 0.05) is 0 Å². The summed E-state index contributed by atoms with van der Waals surface area (Å²) >= 11 is 1.11. The van der Waals surface area contributed by atoms with Gasteiger partial charge < -0.3 is 40.8 Å². The fraction of sp³-hybridized carbons (Fsp3) is 0.889. The Balaban J connectivity index is 2.54. The van der Waals surface area contributed by atoms with Crippen LogP contribution in [0, 0.1) is 0 Å². The molecular weight excluding hydrogens is 266 g/mol. The number of aliphatic carboxylic acids is 1. The predicted octanol–water partition coefficient (Wildman–Crippen LogP) is -5.82. The summed E-state index contributed by atoms with van der Waals surface area (Å²) in [6.45, 7) is -0.756. The van der Waals surface area contributed by atoms with Crippen LogP contribution in [0.3, 0.4) is 0 Å². The minimum absolute atomic E-state index is 0.218. The van der Waals surface area contributed by atoms with Crippen molar-refractivity contribution in [3.8, 4) is 0 Å². The molecule has 106 valence electrons. The van der Waals surface area contributed by atoms with E-state index < -0.39 is 48.4 Å². The van der Waals surface area contributed by atoms with Gasteiger partial charge in [-0.2, -0.15) is 0 Å². The number of carbonyl (C=O) groups is 1. The second-order valence-electron chi connectivity index (χ2n) is 4.14. The summed E-state index contributed by atoms with van der Waals surface area (Å²) in [5.74, 6) is -1.04. The Morgan fingerprint density at radius 2 is 1.94 bits per heavy atom. The number of quaternary nitrogens is 1. The van der Waals surface area contributed by atoms with E-state index in [1.54, 1.807) is 0 Å². The van der Waals surface area contributed by atoms with E-state index in [1.165, 1.54) is 5.32 Å². The number of nitrogens with two attached hydrogens (primary N) is 1. The summed E-state index contributed by atoms with van der Waals surface area (Å²) in [5.41, 5.74) is 0. The Kier molecular flexibility index (Phi) is 5.79. The molecule has 6 atom stereocenters. The summed E-state index contributed by atoms with van der Waals surface area (Å²) in [6, 6.07) is -0.818. The van der Waals surface area contributed by atoms with Crippen LogP contribution in [-0.4, -0.2) is 79.7 Å². The smallest absolute Gasteiger partial charge is 0.162 e. The van der Waals surface area contributed by atoms with Crippen molar-refractivity contribution in [2.24, 2.45) is 0 Å². The first kappa shape index (κ1) is 15.6. The van der Waals surface area contributed by atoms with Crippen molar-refractivity contribution in [2.75, 3.05) is 12.4 Å². The summed E-state index contributed by atoms with van der Waals surface area (Å²) in [6.07, 6.45) is -6.39. The quantitative estimate of drug-likeness (QED) is 0.281. The Bertz CT molecular complexity index is 292. The highest BCUT2D eigenvalue weighted by Gasteiger charge is 2.41. The number of aliphatic hydroxyl groups excluding tert-OH is 5. The van der Waals surface area contributed by atoms with Crippen LogP contribution < -0.4 is 10.4 Å². The normalized spacial score (nSPS) is 30.7. The van der Waals surface area contributed by atoms with Crippen LogP contribution in [0.5, 0.6) is 0 Å².